The summed E-state index contributed by atoms with van der Waals surface area (Å²) in [6.45, 7) is 0. The third-order valence-corrected chi connectivity index (χ3v) is 5.81. The molecule has 2 aromatic rings. The highest BCUT2D eigenvalue weighted by Crippen LogP contribution is 2.28. The quantitative estimate of drug-likeness (QED) is 0.875. The van der Waals surface area contributed by atoms with Gasteiger partial charge < -0.3 is 5.32 Å². The fourth-order valence-corrected chi connectivity index (χ4v) is 4.91. The molecule has 0 saturated carbocycles. The number of hydrogen-bond acceptors (Lipinski definition) is 4. The Balaban J connectivity index is 1.90. The van der Waals surface area contributed by atoms with Crippen LogP contribution in [-0.4, -0.2) is 30.9 Å². The normalized spacial score (nSPS) is 21.2. The van der Waals surface area contributed by atoms with Crippen molar-refractivity contribution in [1.82, 2.24) is 4.98 Å². The highest BCUT2D eigenvalue weighted by Gasteiger charge is 2.27. The van der Waals surface area contributed by atoms with Crippen LogP contribution in [0.2, 0.25) is 5.02 Å². The average molecular weight is 376 g/mol. The maximum Gasteiger partial charge on any atom is 0.152 e. The largest absolute Gasteiger partial charge is 0.366 e. The predicted molar refractivity (Wildman–Crippen MR) is 85.1 cm³/mol. The number of benzene rings is 1. The molecule has 4 nitrogen and oxygen atoms in total. The van der Waals surface area contributed by atoms with Crippen molar-refractivity contribution >= 4 is 54.1 Å². The topological polar surface area (TPSA) is 59.1 Å². The fraction of sp³-hybridized carbons (Fsp3) is 0.308. The average Bonchev–Trinajstić information content (AvgIpc) is 2.69. The molecule has 0 amide bonds. The van der Waals surface area contributed by atoms with Gasteiger partial charge in [-0.2, -0.15) is 0 Å². The van der Waals surface area contributed by atoms with Gasteiger partial charge in [0.25, 0.3) is 0 Å². The minimum Gasteiger partial charge on any atom is -0.366 e. The number of rotatable bonds is 2. The standard InChI is InChI=1S/C13H12BrClN2O2S/c14-9-5-8-1-2-12(17-13(8)11(15)6-9)16-10-3-4-20(18,19)7-10/h1-2,5-6,10H,3-4,7H2,(H,16,17). The van der Waals surface area contributed by atoms with Crippen LogP contribution in [0.4, 0.5) is 5.82 Å². The maximum absolute atomic E-state index is 11.4. The van der Waals surface area contributed by atoms with Crippen LogP contribution >= 0.6 is 27.5 Å². The Labute approximate surface area is 130 Å². The van der Waals surface area contributed by atoms with Crippen LogP contribution in [0.3, 0.4) is 0 Å². The summed E-state index contributed by atoms with van der Waals surface area (Å²) in [5, 5.41) is 4.68. The molecular formula is C13H12BrClN2O2S. The van der Waals surface area contributed by atoms with E-state index < -0.39 is 9.84 Å². The highest BCUT2D eigenvalue weighted by atomic mass is 79.9. The lowest BCUT2D eigenvalue weighted by Gasteiger charge is -2.12. The SMILES string of the molecule is O=S1(=O)CCC(Nc2ccc3cc(Br)cc(Cl)c3n2)C1. The van der Waals surface area contributed by atoms with Gasteiger partial charge in [-0.3, -0.25) is 0 Å². The zero-order chi connectivity index (χ0) is 14.3. The lowest BCUT2D eigenvalue weighted by atomic mass is 10.2. The minimum atomic E-state index is -2.89. The molecule has 0 bridgehead atoms. The van der Waals surface area contributed by atoms with E-state index in [9.17, 15) is 8.42 Å². The van der Waals surface area contributed by atoms with E-state index in [1.165, 1.54) is 0 Å². The molecule has 0 aliphatic carbocycles. The second-order valence-corrected chi connectivity index (χ2v) is 8.45. The van der Waals surface area contributed by atoms with E-state index in [0.29, 0.717) is 22.8 Å². The minimum absolute atomic E-state index is 0.0702. The molecular weight excluding hydrogens is 364 g/mol. The molecule has 1 aromatic carbocycles. The molecule has 1 aromatic heterocycles. The number of sulfone groups is 1. The summed E-state index contributed by atoms with van der Waals surface area (Å²) < 4.78 is 23.8. The molecule has 1 aliphatic rings. The Morgan fingerprint density at radius 2 is 2.15 bits per heavy atom. The van der Waals surface area contributed by atoms with Gasteiger partial charge >= 0.3 is 0 Å². The molecule has 0 radical (unpaired) electrons. The Bertz CT molecular complexity index is 779. The van der Waals surface area contributed by atoms with Crippen molar-refractivity contribution in [2.24, 2.45) is 0 Å². The summed E-state index contributed by atoms with van der Waals surface area (Å²) in [6, 6.07) is 7.43. The monoisotopic (exact) mass is 374 g/mol. The second kappa shape index (κ2) is 5.16. The van der Waals surface area contributed by atoms with E-state index in [1.807, 2.05) is 18.2 Å². The Morgan fingerprint density at radius 3 is 2.85 bits per heavy atom. The first-order chi connectivity index (χ1) is 9.43. The molecule has 1 unspecified atom stereocenters. The lowest BCUT2D eigenvalue weighted by Crippen LogP contribution is -2.21. The third kappa shape index (κ3) is 2.92. The van der Waals surface area contributed by atoms with Crippen molar-refractivity contribution in [3.8, 4) is 0 Å². The van der Waals surface area contributed by atoms with Gasteiger partial charge in [0.15, 0.2) is 9.84 Å². The molecule has 7 heteroatoms. The van der Waals surface area contributed by atoms with E-state index in [-0.39, 0.29) is 17.5 Å². The first-order valence-electron chi connectivity index (χ1n) is 6.16. The lowest BCUT2D eigenvalue weighted by molar-refractivity contribution is 0.602. The van der Waals surface area contributed by atoms with Crippen molar-refractivity contribution in [1.29, 1.82) is 0 Å². The number of nitrogens with zero attached hydrogens (tertiary/aromatic N) is 1. The van der Waals surface area contributed by atoms with Gasteiger partial charge in [-0.05, 0) is 30.7 Å². The summed E-state index contributed by atoms with van der Waals surface area (Å²) in [5.74, 6) is 1.07. The van der Waals surface area contributed by atoms with E-state index >= 15 is 0 Å². The number of pyridine rings is 1. The van der Waals surface area contributed by atoms with Crippen LogP contribution in [0.1, 0.15) is 6.42 Å². The number of fused-ring (bicyclic) bond motifs is 1. The van der Waals surface area contributed by atoms with Gasteiger partial charge in [-0.1, -0.05) is 27.5 Å². The van der Waals surface area contributed by atoms with Crippen LogP contribution in [0, 0.1) is 0 Å². The van der Waals surface area contributed by atoms with Gasteiger partial charge in [-0.15, -0.1) is 0 Å². The van der Waals surface area contributed by atoms with Gasteiger partial charge in [-0.25, -0.2) is 13.4 Å². The Hall–Kier alpha value is -0.850. The number of halogens is 2. The molecule has 0 spiro atoms. The highest BCUT2D eigenvalue weighted by molar-refractivity contribution is 9.10. The van der Waals surface area contributed by atoms with Gasteiger partial charge in [0.2, 0.25) is 0 Å². The van der Waals surface area contributed by atoms with Crippen molar-refractivity contribution in [2.75, 3.05) is 16.8 Å². The third-order valence-electron chi connectivity index (χ3n) is 3.30. The van der Waals surface area contributed by atoms with Gasteiger partial charge in [0.05, 0.1) is 22.0 Å². The van der Waals surface area contributed by atoms with Crippen LogP contribution in [0.15, 0.2) is 28.7 Å². The molecule has 1 saturated heterocycles. The van der Waals surface area contributed by atoms with E-state index in [4.69, 9.17) is 11.6 Å². The maximum atomic E-state index is 11.4. The summed E-state index contributed by atoms with van der Waals surface area (Å²) >= 11 is 9.57. The molecule has 2 heterocycles. The van der Waals surface area contributed by atoms with Gasteiger partial charge in [0, 0.05) is 15.9 Å². The Kier molecular flexibility index (Phi) is 3.64. The zero-order valence-electron chi connectivity index (χ0n) is 10.4. The summed E-state index contributed by atoms with van der Waals surface area (Å²) in [6.07, 6.45) is 0.621. The van der Waals surface area contributed by atoms with Crippen LogP contribution < -0.4 is 5.32 Å². The fourth-order valence-electron chi connectivity index (χ4n) is 2.36. The van der Waals surface area contributed by atoms with Gasteiger partial charge in [0.1, 0.15) is 5.82 Å². The molecule has 3 rings (SSSR count). The van der Waals surface area contributed by atoms with E-state index in [1.54, 1.807) is 6.07 Å². The van der Waals surface area contributed by atoms with Crippen LogP contribution in [-0.2, 0) is 9.84 Å². The number of hydrogen-bond donors (Lipinski definition) is 1. The van der Waals surface area contributed by atoms with Crippen molar-refractivity contribution in [2.45, 2.75) is 12.5 Å². The zero-order valence-corrected chi connectivity index (χ0v) is 13.6. The molecule has 1 atom stereocenters. The predicted octanol–water partition coefficient (Wildman–Crippen LogP) is 3.25. The van der Waals surface area contributed by atoms with E-state index in [0.717, 1.165) is 9.86 Å². The first-order valence-corrected chi connectivity index (χ1v) is 9.15. The molecule has 1 aliphatic heterocycles. The number of aromatic nitrogens is 1. The van der Waals surface area contributed by atoms with E-state index in [2.05, 4.69) is 26.2 Å². The first kappa shape index (κ1) is 14.1. The van der Waals surface area contributed by atoms with Crippen molar-refractivity contribution in [3.05, 3.63) is 33.8 Å². The summed E-state index contributed by atoms with van der Waals surface area (Å²) in [4.78, 5) is 4.47. The number of nitrogens with one attached hydrogen (secondary N) is 1. The molecule has 1 fully saturated rings. The van der Waals surface area contributed by atoms with Crippen LogP contribution in [0.25, 0.3) is 10.9 Å². The molecule has 1 N–H and O–H groups in total. The van der Waals surface area contributed by atoms with Crippen molar-refractivity contribution in [3.63, 3.8) is 0 Å². The van der Waals surface area contributed by atoms with Crippen molar-refractivity contribution < 1.29 is 8.42 Å². The van der Waals surface area contributed by atoms with Crippen LogP contribution in [0.5, 0.6) is 0 Å². The Morgan fingerprint density at radius 1 is 1.35 bits per heavy atom. The smallest absolute Gasteiger partial charge is 0.152 e. The molecule has 20 heavy (non-hydrogen) atoms. The second-order valence-electron chi connectivity index (χ2n) is 4.90. The summed E-state index contributed by atoms with van der Waals surface area (Å²) in [5.41, 5.74) is 0.709. The number of anilines is 1. The summed E-state index contributed by atoms with van der Waals surface area (Å²) in [7, 11) is -2.89. The molecule has 106 valence electrons.